The third-order valence-corrected chi connectivity index (χ3v) is 7.61. The maximum absolute atomic E-state index is 14.2. The number of nitrogens with one attached hydrogen (secondary N) is 2. The zero-order chi connectivity index (χ0) is 27.2. The number of piperidine rings is 1. The van der Waals surface area contributed by atoms with Crippen molar-refractivity contribution in [3.8, 4) is 22.9 Å². The van der Waals surface area contributed by atoms with Gasteiger partial charge in [-0.3, -0.25) is 9.69 Å². The molecule has 2 fully saturated rings. The number of hydrogen-bond donors (Lipinski definition) is 2. The second kappa shape index (κ2) is 12.8. The number of carbonyl (C=O) groups excluding carboxylic acids is 1. The Morgan fingerprint density at radius 1 is 1.13 bits per heavy atom. The largest absolute Gasteiger partial charge is 0.437 e. The lowest BCUT2D eigenvalue weighted by atomic mass is 9.96. The van der Waals surface area contributed by atoms with Gasteiger partial charge in [-0.15, -0.1) is 0 Å². The minimum atomic E-state index is -0.331. The molecule has 5 rings (SSSR count). The number of ether oxygens (including phenoxy) is 1. The van der Waals surface area contributed by atoms with Crippen LogP contribution in [0.15, 0.2) is 53.1 Å². The molecular formula is C29H34BrFN6O2. The fraction of sp³-hybridized carbons (Fsp3) is 0.414. The fourth-order valence-electron chi connectivity index (χ4n) is 5.08. The van der Waals surface area contributed by atoms with E-state index in [2.05, 4.69) is 41.3 Å². The number of nitrogens with zero attached hydrogens (tertiary/aromatic N) is 4. The summed E-state index contributed by atoms with van der Waals surface area (Å²) in [4.78, 5) is 25.2. The molecule has 2 aliphatic heterocycles. The molecule has 0 radical (unpaired) electrons. The van der Waals surface area contributed by atoms with Crippen LogP contribution < -0.4 is 20.3 Å². The van der Waals surface area contributed by atoms with E-state index in [1.807, 2.05) is 30.3 Å². The molecule has 10 heteroatoms. The van der Waals surface area contributed by atoms with Gasteiger partial charge < -0.3 is 20.3 Å². The molecule has 1 aromatic carbocycles. The molecule has 0 unspecified atom stereocenters. The van der Waals surface area contributed by atoms with Crippen molar-refractivity contribution in [1.29, 1.82) is 0 Å². The molecule has 39 heavy (non-hydrogen) atoms. The Kier molecular flexibility index (Phi) is 9.06. The Morgan fingerprint density at radius 3 is 2.62 bits per heavy atom. The predicted molar refractivity (Wildman–Crippen MR) is 153 cm³/mol. The van der Waals surface area contributed by atoms with Gasteiger partial charge in [0.15, 0.2) is 0 Å². The summed E-state index contributed by atoms with van der Waals surface area (Å²) >= 11 is 3.40. The highest BCUT2D eigenvalue weighted by Gasteiger charge is 2.20. The smallest absolute Gasteiger partial charge is 0.220 e. The first-order valence-corrected chi connectivity index (χ1v) is 14.2. The molecule has 2 N–H and O–H groups in total. The molecular weight excluding hydrogens is 563 g/mol. The summed E-state index contributed by atoms with van der Waals surface area (Å²) in [6.45, 7) is 8.66. The van der Waals surface area contributed by atoms with Gasteiger partial charge in [0.1, 0.15) is 17.4 Å². The van der Waals surface area contributed by atoms with Gasteiger partial charge in [-0.2, -0.15) is 0 Å². The van der Waals surface area contributed by atoms with Crippen molar-refractivity contribution in [3.63, 3.8) is 0 Å². The van der Waals surface area contributed by atoms with Crippen LogP contribution in [-0.2, 0) is 11.3 Å². The standard InChI is InChI=1S/C29H34BrFN6O2/c1-20(38)33-17-21-4-8-36(9-5-21)19-22-12-27(23-14-24(30)16-25(31)15-23)35-29(13-22)39-26-2-3-28(34-18-26)37-10-6-32-7-11-37/h2-3,12-16,18,21,32H,4-11,17,19H2,1H3,(H,33,38). The lowest BCUT2D eigenvalue weighted by Gasteiger charge is -2.32. The van der Waals surface area contributed by atoms with Crippen LogP contribution >= 0.6 is 15.9 Å². The maximum atomic E-state index is 14.2. The minimum Gasteiger partial charge on any atom is -0.437 e. The number of carbonyl (C=O) groups is 1. The number of hydrogen-bond acceptors (Lipinski definition) is 7. The minimum absolute atomic E-state index is 0.0203. The zero-order valence-corrected chi connectivity index (χ0v) is 23.7. The quantitative estimate of drug-likeness (QED) is 0.393. The highest BCUT2D eigenvalue weighted by molar-refractivity contribution is 9.10. The molecule has 0 atom stereocenters. The monoisotopic (exact) mass is 596 g/mol. The number of aromatic nitrogens is 2. The molecule has 2 saturated heterocycles. The van der Waals surface area contributed by atoms with E-state index in [0.717, 1.165) is 76.6 Å². The Balaban J connectivity index is 1.33. The normalized spacial score (nSPS) is 16.7. The molecule has 0 bridgehead atoms. The van der Waals surface area contributed by atoms with Crippen molar-refractivity contribution in [2.45, 2.75) is 26.3 Å². The third-order valence-electron chi connectivity index (χ3n) is 7.16. The molecule has 0 aliphatic carbocycles. The second-order valence-electron chi connectivity index (χ2n) is 10.2. The van der Waals surface area contributed by atoms with Crippen LogP contribution in [0, 0.1) is 11.7 Å². The number of benzene rings is 1. The van der Waals surface area contributed by atoms with Gasteiger partial charge in [-0.25, -0.2) is 14.4 Å². The Labute approximate surface area is 237 Å². The molecule has 2 aliphatic rings. The molecule has 206 valence electrons. The first-order chi connectivity index (χ1) is 18.9. The van der Waals surface area contributed by atoms with Crippen molar-refractivity contribution < 1.29 is 13.9 Å². The Bertz CT molecular complexity index is 1260. The van der Waals surface area contributed by atoms with Crippen LogP contribution in [0.25, 0.3) is 11.3 Å². The van der Waals surface area contributed by atoms with Gasteiger partial charge in [0.25, 0.3) is 0 Å². The SMILES string of the molecule is CC(=O)NCC1CCN(Cc2cc(Oc3ccc(N4CCNCC4)nc3)nc(-c3cc(F)cc(Br)c3)c2)CC1. The van der Waals surface area contributed by atoms with E-state index in [-0.39, 0.29) is 11.7 Å². The van der Waals surface area contributed by atoms with Gasteiger partial charge in [0.2, 0.25) is 11.8 Å². The number of amides is 1. The molecule has 4 heterocycles. The maximum Gasteiger partial charge on any atom is 0.220 e. The summed E-state index contributed by atoms with van der Waals surface area (Å²) in [5.41, 5.74) is 2.37. The number of likely N-dealkylation sites (tertiary alicyclic amines) is 1. The first kappa shape index (κ1) is 27.5. The molecule has 3 aromatic rings. The summed E-state index contributed by atoms with van der Waals surface area (Å²) in [7, 11) is 0. The van der Waals surface area contributed by atoms with E-state index in [1.165, 1.54) is 12.1 Å². The lowest BCUT2D eigenvalue weighted by Crippen LogP contribution is -2.43. The van der Waals surface area contributed by atoms with Gasteiger partial charge in [0, 0.05) is 62.3 Å². The zero-order valence-electron chi connectivity index (χ0n) is 22.1. The van der Waals surface area contributed by atoms with Gasteiger partial charge in [-0.05, 0) is 73.8 Å². The summed E-state index contributed by atoms with van der Waals surface area (Å²) in [6, 6.07) is 12.6. The van der Waals surface area contributed by atoms with Crippen molar-refractivity contribution >= 4 is 27.7 Å². The number of pyridine rings is 2. The van der Waals surface area contributed by atoms with E-state index < -0.39 is 0 Å². The summed E-state index contributed by atoms with van der Waals surface area (Å²) in [5, 5.41) is 6.29. The van der Waals surface area contributed by atoms with Crippen LogP contribution in [0.1, 0.15) is 25.3 Å². The number of piperazine rings is 1. The highest BCUT2D eigenvalue weighted by atomic mass is 79.9. The van der Waals surface area contributed by atoms with E-state index in [0.29, 0.717) is 33.3 Å². The number of rotatable bonds is 8. The molecule has 1 amide bonds. The van der Waals surface area contributed by atoms with Gasteiger partial charge >= 0.3 is 0 Å². The van der Waals surface area contributed by atoms with Gasteiger partial charge in [0.05, 0.1) is 11.9 Å². The summed E-state index contributed by atoms with van der Waals surface area (Å²) < 4.78 is 21.1. The van der Waals surface area contributed by atoms with Gasteiger partial charge in [-0.1, -0.05) is 15.9 Å². The number of halogens is 2. The molecule has 0 spiro atoms. The third kappa shape index (κ3) is 7.74. The van der Waals surface area contributed by atoms with Crippen LogP contribution in [0.3, 0.4) is 0 Å². The predicted octanol–water partition coefficient (Wildman–Crippen LogP) is 4.60. The van der Waals surface area contributed by atoms with Crippen molar-refractivity contribution in [2.24, 2.45) is 5.92 Å². The van der Waals surface area contributed by atoms with Crippen LogP contribution in [0.5, 0.6) is 11.6 Å². The van der Waals surface area contributed by atoms with Crippen LogP contribution in [0.2, 0.25) is 0 Å². The topological polar surface area (TPSA) is 82.6 Å². The summed E-state index contributed by atoms with van der Waals surface area (Å²) in [5.74, 6) is 2.16. The van der Waals surface area contributed by atoms with Crippen LogP contribution in [-0.4, -0.2) is 66.6 Å². The fourth-order valence-corrected chi connectivity index (χ4v) is 5.55. The van der Waals surface area contributed by atoms with Crippen molar-refractivity contribution in [2.75, 3.05) is 50.7 Å². The average molecular weight is 598 g/mol. The van der Waals surface area contributed by atoms with E-state index >= 15 is 0 Å². The van der Waals surface area contributed by atoms with Crippen molar-refractivity contribution in [1.82, 2.24) is 25.5 Å². The first-order valence-electron chi connectivity index (χ1n) is 13.4. The Hall–Kier alpha value is -3.08. The average Bonchev–Trinajstić information content (AvgIpc) is 2.93. The van der Waals surface area contributed by atoms with Crippen LogP contribution in [0.4, 0.5) is 10.2 Å². The second-order valence-corrected chi connectivity index (χ2v) is 11.1. The molecule has 2 aromatic heterocycles. The van der Waals surface area contributed by atoms with E-state index in [1.54, 1.807) is 13.1 Å². The van der Waals surface area contributed by atoms with E-state index in [4.69, 9.17) is 9.72 Å². The summed E-state index contributed by atoms with van der Waals surface area (Å²) in [6.07, 6.45) is 3.79. The van der Waals surface area contributed by atoms with E-state index in [9.17, 15) is 9.18 Å². The lowest BCUT2D eigenvalue weighted by molar-refractivity contribution is -0.119. The number of anilines is 1. The molecule has 0 saturated carbocycles. The van der Waals surface area contributed by atoms with Crippen molar-refractivity contribution in [3.05, 3.63) is 64.5 Å². The highest BCUT2D eigenvalue weighted by Crippen LogP contribution is 2.30. The molecule has 8 nitrogen and oxygen atoms in total. The Morgan fingerprint density at radius 2 is 1.92 bits per heavy atom.